The molecule has 2 amide bonds. The molecule has 1 aliphatic rings. The van der Waals surface area contributed by atoms with Gasteiger partial charge in [0.15, 0.2) is 0 Å². The molecule has 0 spiro atoms. The third-order valence-corrected chi connectivity index (χ3v) is 4.74. The zero-order valence-electron chi connectivity index (χ0n) is 13.9. The largest absolute Gasteiger partial charge is 0.342 e. The van der Waals surface area contributed by atoms with Crippen LogP contribution >= 0.6 is 11.6 Å². The van der Waals surface area contributed by atoms with E-state index in [0.29, 0.717) is 30.5 Å². The summed E-state index contributed by atoms with van der Waals surface area (Å²) in [6.07, 6.45) is 2.63. The smallest absolute Gasteiger partial charge is 0.224 e. The maximum Gasteiger partial charge on any atom is 0.224 e. The maximum atomic E-state index is 12.4. The predicted molar refractivity (Wildman–Crippen MR) is 92.1 cm³/mol. The minimum absolute atomic E-state index is 0.0373. The zero-order chi connectivity index (χ0) is 16.8. The average Bonchev–Trinajstić information content (AvgIpc) is 2.52. The van der Waals surface area contributed by atoms with Gasteiger partial charge in [0.05, 0.1) is 0 Å². The Kier molecular flexibility index (Phi) is 6.46. The highest BCUT2D eigenvalue weighted by molar-refractivity contribution is 6.31. The van der Waals surface area contributed by atoms with Gasteiger partial charge in [-0.25, -0.2) is 0 Å². The number of carbonyl (C=O) groups excluding carboxylic acids is 2. The summed E-state index contributed by atoms with van der Waals surface area (Å²) in [5.41, 5.74) is 0.906. The van der Waals surface area contributed by atoms with E-state index in [4.69, 9.17) is 11.6 Å². The van der Waals surface area contributed by atoms with Gasteiger partial charge in [-0.1, -0.05) is 36.7 Å². The molecule has 0 aliphatic carbocycles. The van der Waals surface area contributed by atoms with E-state index in [2.05, 4.69) is 6.92 Å². The number of amides is 2. The number of carbonyl (C=O) groups is 2. The molecule has 126 valence electrons. The normalized spacial score (nSPS) is 17.9. The lowest BCUT2D eigenvalue weighted by atomic mass is 10.00. The number of rotatable bonds is 5. The van der Waals surface area contributed by atoms with Gasteiger partial charge in [-0.15, -0.1) is 0 Å². The Morgan fingerprint density at radius 2 is 2.09 bits per heavy atom. The van der Waals surface area contributed by atoms with Gasteiger partial charge < -0.3 is 9.80 Å². The molecule has 1 unspecified atom stereocenters. The van der Waals surface area contributed by atoms with E-state index in [1.54, 1.807) is 4.90 Å². The number of piperidine rings is 1. The van der Waals surface area contributed by atoms with Crippen LogP contribution in [0.5, 0.6) is 0 Å². The number of likely N-dealkylation sites (tertiary alicyclic amines) is 1. The summed E-state index contributed by atoms with van der Waals surface area (Å²) in [6.45, 7) is 6.27. The van der Waals surface area contributed by atoms with Crippen LogP contribution < -0.4 is 0 Å². The Balaban J connectivity index is 1.91. The van der Waals surface area contributed by atoms with Gasteiger partial charge in [-0.05, 0) is 30.4 Å². The highest BCUT2D eigenvalue weighted by atomic mass is 35.5. The van der Waals surface area contributed by atoms with Crippen molar-refractivity contribution in [2.45, 2.75) is 39.7 Å². The van der Waals surface area contributed by atoms with Crippen molar-refractivity contribution in [3.8, 4) is 0 Å². The third-order valence-electron chi connectivity index (χ3n) is 4.37. The molecule has 1 aromatic rings. The summed E-state index contributed by atoms with van der Waals surface area (Å²) in [5, 5.41) is 0.648. The first-order chi connectivity index (χ1) is 11.0. The van der Waals surface area contributed by atoms with E-state index in [-0.39, 0.29) is 11.8 Å². The molecule has 2 rings (SSSR count). The number of nitrogens with zero attached hydrogens (tertiary/aromatic N) is 2. The second kappa shape index (κ2) is 8.34. The molecule has 1 atom stereocenters. The van der Waals surface area contributed by atoms with Crippen molar-refractivity contribution in [1.29, 1.82) is 0 Å². The SMILES string of the molecule is CC(=O)N(CCC(=O)N1CCCC(C)C1)Cc1ccccc1Cl. The lowest BCUT2D eigenvalue weighted by molar-refractivity contribution is -0.135. The van der Waals surface area contributed by atoms with Gasteiger partial charge in [0, 0.05) is 44.5 Å². The van der Waals surface area contributed by atoms with Gasteiger partial charge in [-0.2, -0.15) is 0 Å². The van der Waals surface area contributed by atoms with E-state index in [9.17, 15) is 9.59 Å². The van der Waals surface area contributed by atoms with Crippen LogP contribution in [0.25, 0.3) is 0 Å². The van der Waals surface area contributed by atoms with Crippen LogP contribution in [0.4, 0.5) is 0 Å². The first-order valence-corrected chi connectivity index (χ1v) is 8.62. The molecule has 0 radical (unpaired) electrons. The first kappa shape index (κ1) is 17.8. The zero-order valence-corrected chi connectivity index (χ0v) is 14.7. The maximum absolute atomic E-state index is 12.4. The fraction of sp³-hybridized carbons (Fsp3) is 0.556. The minimum Gasteiger partial charge on any atom is -0.342 e. The summed E-state index contributed by atoms with van der Waals surface area (Å²) >= 11 is 6.16. The molecule has 0 saturated carbocycles. The fourth-order valence-electron chi connectivity index (χ4n) is 2.98. The van der Waals surface area contributed by atoms with Gasteiger partial charge in [0.25, 0.3) is 0 Å². The molecule has 4 nitrogen and oxygen atoms in total. The number of hydrogen-bond donors (Lipinski definition) is 0. The molecule has 1 fully saturated rings. The Hall–Kier alpha value is -1.55. The van der Waals surface area contributed by atoms with E-state index < -0.39 is 0 Å². The molecule has 23 heavy (non-hydrogen) atoms. The Morgan fingerprint density at radius 3 is 2.74 bits per heavy atom. The molecule has 0 N–H and O–H groups in total. The van der Waals surface area contributed by atoms with E-state index >= 15 is 0 Å². The molecular weight excluding hydrogens is 312 g/mol. The lowest BCUT2D eigenvalue weighted by Gasteiger charge is -2.31. The second-order valence-electron chi connectivity index (χ2n) is 6.37. The van der Waals surface area contributed by atoms with E-state index in [0.717, 1.165) is 25.1 Å². The molecule has 1 saturated heterocycles. The molecule has 1 aromatic carbocycles. The van der Waals surface area contributed by atoms with E-state index in [1.165, 1.54) is 13.3 Å². The summed E-state index contributed by atoms with van der Waals surface area (Å²) < 4.78 is 0. The van der Waals surface area contributed by atoms with Crippen molar-refractivity contribution in [2.24, 2.45) is 5.92 Å². The predicted octanol–water partition coefficient (Wildman–Crippen LogP) is 3.34. The van der Waals surface area contributed by atoms with Crippen LogP contribution in [0.3, 0.4) is 0 Å². The van der Waals surface area contributed by atoms with Gasteiger partial charge in [-0.3, -0.25) is 9.59 Å². The monoisotopic (exact) mass is 336 g/mol. The molecule has 5 heteroatoms. The molecule has 1 heterocycles. The summed E-state index contributed by atoms with van der Waals surface area (Å²) in [6, 6.07) is 7.49. The van der Waals surface area contributed by atoms with Crippen molar-refractivity contribution in [3.05, 3.63) is 34.9 Å². The van der Waals surface area contributed by atoms with Crippen LogP contribution in [0.15, 0.2) is 24.3 Å². The minimum atomic E-state index is -0.0373. The molecular formula is C18H25ClN2O2. The first-order valence-electron chi connectivity index (χ1n) is 8.24. The average molecular weight is 337 g/mol. The van der Waals surface area contributed by atoms with Crippen molar-refractivity contribution in [1.82, 2.24) is 9.80 Å². The summed E-state index contributed by atoms with van der Waals surface area (Å²) in [4.78, 5) is 27.8. The lowest BCUT2D eigenvalue weighted by Crippen LogP contribution is -2.41. The summed E-state index contributed by atoms with van der Waals surface area (Å²) in [7, 11) is 0. The van der Waals surface area contributed by atoms with Gasteiger partial charge in [0.2, 0.25) is 11.8 Å². The number of halogens is 1. The van der Waals surface area contributed by atoms with Crippen LogP contribution in [-0.2, 0) is 16.1 Å². The van der Waals surface area contributed by atoms with Gasteiger partial charge in [0.1, 0.15) is 0 Å². The van der Waals surface area contributed by atoms with E-state index in [1.807, 2.05) is 29.2 Å². The van der Waals surface area contributed by atoms with Crippen molar-refractivity contribution < 1.29 is 9.59 Å². The van der Waals surface area contributed by atoms with Crippen LogP contribution in [0, 0.1) is 5.92 Å². The van der Waals surface area contributed by atoms with Crippen molar-refractivity contribution in [3.63, 3.8) is 0 Å². The number of hydrogen-bond acceptors (Lipinski definition) is 2. The highest BCUT2D eigenvalue weighted by Gasteiger charge is 2.22. The Bertz CT molecular complexity index is 562. The standard InChI is InChI=1S/C18H25ClN2O2/c1-14-6-5-10-21(12-14)18(23)9-11-20(15(2)22)13-16-7-3-4-8-17(16)19/h3-4,7-8,14H,5-6,9-13H2,1-2H3. The van der Waals surface area contributed by atoms with Crippen LogP contribution in [0.1, 0.15) is 38.7 Å². The number of benzene rings is 1. The topological polar surface area (TPSA) is 40.6 Å². The molecule has 1 aliphatic heterocycles. The quantitative estimate of drug-likeness (QED) is 0.827. The van der Waals surface area contributed by atoms with Crippen molar-refractivity contribution in [2.75, 3.05) is 19.6 Å². The summed E-state index contributed by atoms with van der Waals surface area (Å²) in [5.74, 6) is 0.673. The van der Waals surface area contributed by atoms with Crippen LogP contribution in [0.2, 0.25) is 5.02 Å². The Labute approximate surface area is 143 Å². The second-order valence-corrected chi connectivity index (χ2v) is 6.78. The molecule has 0 bridgehead atoms. The highest BCUT2D eigenvalue weighted by Crippen LogP contribution is 2.18. The van der Waals surface area contributed by atoms with Gasteiger partial charge >= 0.3 is 0 Å². The Morgan fingerprint density at radius 1 is 1.35 bits per heavy atom. The molecule has 0 aromatic heterocycles. The fourth-order valence-corrected chi connectivity index (χ4v) is 3.18. The third kappa shape index (κ3) is 5.24. The van der Waals surface area contributed by atoms with Crippen LogP contribution in [-0.4, -0.2) is 41.2 Å². The van der Waals surface area contributed by atoms with Crippen molar-refractivity contribution >= 4 is 23.4 Å².